The largest absolute Gasteiger partial charge is 0.485 e. The summed E-state index contributed by atoms with van der Waals surface area (Å²) in [6.45, 7) is 0.766. The van der Waals surface area contributed by atoms with Gasteiger partial charge in [0.15, 0.2) is 11.5 Å². The molecule has 1 amide bonds. The molecule has 0 atom stereocenters. The van der Waals surface area contributed by atoms with Crippen molar-refractivity contribution < 1.29 is 24.5 Å². The lowest BCUT2D eigenvalue weighted by Gasteiger charge is -2.48. The van der Waals surface area contributed by atoms with Crippen molar-refractivity contribution in [3.05, 3.63) is 29.5 Å². The Morgan fingerprint density at radius 3 is 2.61 bits per heavy atom. The molecule has 1 aliphatic carbocycles. The van der Waals surface area contributed by atoms with Crippen molar-refractivity contribution in [3.8, 4) is 17.6 Å². The summed E-state index contributed by atoms with van der Waals surface area (Å²) in [4.78, 5) is 27.1. The van der Waals surface area contributed by atoms with E-state index in [-0.39, 0.29) is 38.3 Å². The maximum Gasteiger partial charge on any atom is 0.257 e. The van der Waals surface area contributed by atoms with Gasteiger partial charge in [-0.05, 0) is 25.0 Å². The van der Waals surface area contributed by atoms with Gasteiger partial charge in [0, 0.05) is 25.3 Å². The van der Waals surface area contributed by atoms with Crippen LogP contribution in [0, 0.1) is 16.7 Å². The summed E-state index contributed by atoms with van der Waals surface area (Å²) in [5.74, 6) is 1.35. The van der Waals surface area contributed by atoms with Crippen molar-refractivity contribution in [3.63, 3.8) is 0 Å². The number of anilines is 3. The highest BCUT2D eigenvalue weighted by Crippen LogP contribution is 2.43. The molecule has 12 heteroatoms. The van der Waals surface area contributed by atoms with Crippen LogP contribution in [0.25, 0.3) is 11.0 Å². The van der Waals surface area contributed by atoms with Gasteiger partial charge in [0.2, 0.25) is 5.95 Å². The number of carbonyl (C=O) groups excluding carboxylic acids is 1. The number of nitrogens with zero attached hydrogens (tertiary/aromatic N) is 4. The number of benzene rings is 1. The molecule has 6 rings (SSSR count). The lowest BCUT2D eigenvalue weighted by atomic mass is 9.81. The fourth-order valence-corrected chi connectivity index (χ4v) is 5.40. The van der Waals surface area contributed by atoms with E-state index in [1.807, 2.05) is 0 Å². The summed E-state index contributed by atoms with van der Waals surface area (Å²) >= 11 is 0. The first-order chi connectivity index (χ1) is 18.5. The number of hydrogen-bond acceptors (Lipinski definition) is 10. The second-order valence-corrected chi connectivity index (χ2v) is 10.2. The van der Waals surface area contributed by atoms with Gasteiger partial charge in [-0.3, -0.25) is 4.79 Å². The number of nitrogens with one attached hydrogen (secondary N) is 3. The van der Waals surface area contributed by atoms with E-state index >= 15 is 0 Å². The van der Waals surface area contributed by atoms with Gasteiger partial charge in [0.25, 0.3) is 5.91 Å². The number of aliphatic hydroxyl groups is 2. The number of H-pyrrole nitrogens is 1. The van der Waals surface area contributed by atoms with Gasteiger partial charge in [0.1, 0.15) is 30.7 Å². The molecule has 1 saturated carbocycles. The highest BCUT2D eigenvalue weighted by molar-refractivity contribution is 6.00. The highest BCUT2D eigenvalue weighted by atomic mass is 16.6. The molecule has 0 unspecified atom stereocenters. The van der Waals surface area contributed by atoms with Crippen LogP contribution in [0.15, 0.2) is 18.3 Å². The van der Waals surface area contributed by atoms with Crippen molar-refractivity contribution in [1.29, 1.82) is 5.26 Å². The summed E-state index contributed by atoms with van der Waals surface area (Å²) in [6.07, 6.45) is 6.03. The number of likely N-dealkylation sites (tertiary alicyclic amines) is 1. The molecule has 3 aliphatic rings. The van der Waals surface area contributed by atoms with Crippen LogP contribution in [-0.4, -0.2) is 81.5 Å². The van der Waals surface area contributed by atoms with E-state index < -0.39 is 5.41 Å². The molecule has 12 nitrogen and oxygen atoms in total. The van der Waals surface area contributed by atoms with Crippen LogP contribution in [0.1, 0.15) is 41.6 Å². The number of rotatable bonds is 7. The van der Waals surface area contributed by atoms with E-state index in [9.17, 15) is 20.3 Å². The number of aromatic nitrogens is 3. The quantitative estimate of drug-likeness (QED) is 0.312. The Bertz CT molecular complexity index is 1410. The summed E-state index contributed by atoms with van der Waals surface area (Å²) in [7, 11) is 0. The summed E-state index contributed by atoms with van der Waals surface area (Å²) < 4.78 is 11.8. The zero-order valence-electron chi connectivity index (χ0n) is 20.8. The van der Waals surface area contributed by atoms with E-state index in [1.165, 1.54) is 0 Å². The average Bonchev–Trinajstić information content (AvgIpc) is 3.58. The SMILES string of the molecule is N#Cc1c[nH]c2nc(Nc3ccc(C(=O)N4CC(CO)(CO)C4)c4c3OCCO4)nc(NC3CCCC3)c12. The minimum absolute atomic E-state index is 0.188. The normalized spacial score (nSPS) is 18.2. The van der Waals surface area contributed by atoms with Crippen molar-refractivity contribution in [2.45, 2.75) is 31.7 Å². The van der Waals surface area contributed by atoms with Crippen molar-refractivity contribution >= 4 is 34.4 Å². The topological polar surface area (TPSA) is 169 Å². The zero-order valence-corrected chi connectivity index (χ0v) is 20.8. The first-order valence-corrected chi connectivity index (χ1v) is 12.8. The van der Waals surface area contributed by atoms with Crippen LogP contribution >= 0.6 is 0 Å². The molecule has 2 fully saturated rings. The molecule has 5 N–H and O–H groups in total. The number of aromatic amines is 1. The van der Waals surface area contributed by atoms with E-state index in [2.05, 4.69) is 26.7 Å². The second kappa shape index (κ2) is 9.66. The molecule has 2 aromatic heterocycles. The Morgan fingerprint density at radius 2 is 1.89 bits per heavy atom. The Hall–Kier alpha value is -4.08. The summed E-state index contributed by atoms with van der Waals surface area (Å²) in [5, 5.41) is 36.1. The number of ether oxygens (including phenoxy) is 2. The van der Waals surface area contributed by atoms with Gasteiger partial charge < -0.3 is 40.2 Å². The molecule has 198 valence electrons. The van der Waals surface area contributed by atoms with Gasteiger partial charge in [0.05, 0.1) is 40.8 Å². The van der Waals surface area contributed by atoms with E-state index in [1.54, 1.807) is 23.2 Å². The fraction of sp³-hybridized carbons (Fsp3) is 0.462. The van der Waals surface area contributed by atoms with Crippen LogP contribution in [-0.2, 0) is 0 Å². The summed E-state index contributed by atoms with van der Waals surface area (Å²) in [6, 6.07) is 5.87. The van der Waals surface area contributed by atoms with E-state index in [4.69, 9.17) is 14.5 Å². The first kappa shape index (κ1) is 24.3. The third kappa shape index (κ3) is 4.13. The van der Waals surface area contributed by atoms with Crippen molar-refractivity contribution in [1.82, 2.24) is 19.9 Å². The number of fused-ring (bicyclic) bond motifs is 2. The van der Waals surface area contributed by atoms with Gasteiger partial charge in [-0.2, -0.15) is 15.2 Å². The van der Waals surface area contributed by atoms with Gasteiger partial charge >= 0.3 is 0 Å². The first-order valence-electron chi connectivity index (χ1n) is 12.8. The van der Waals surface area contributed by atoms with Crippen LogP contribution in [0.5, 0.6) is 11.5 Å². The van der Waals surface area contributed by atoms with E-state index in [0.717, 1.165) is 25.7 Å². The number of amides is 1. The van der Waals surface area contributed by atoms with E-state index in [0.29, 0.717) is 64.3 Å². The maximum absolute atomic E-state index is 13.2. The lowest BCUT2D eigenvalue weighted by Crippen LogP contribution is -2.62. The zero-order chi connectivity index (χ0) is 26.3. The number of aliphatic hydroxyl groups excluding tert-OH is 2. The van der Waals surface area contributed by atoms with Crippen LogP contribution in [0.2, 0.25) is 0 Å². The summed E-state index contributed by atoms with van der Waals surface area (Å²) in [5.41, 5.74) is 1.22. The molecule has 0 bridgehead atoms. The molecular formula is C26H29N7O5. The van der Waals surface area contributed by atoms with Crippen LogP contribution in [0.3, 0.4) is 0 Å². The molecule has 0 radical (unpaired) electrons. The Balaban J connectivity index is 1.31. The smallest absolute Gasteiger partial charge is 0.257 e. The molecule has 3 aromatic rings. The van der Waals surface area contributed by atoms with Crippen LogP contribution in [0.4, 0.5) is 17.5 Å². The van der Waals surface area contributed by atoms with Crippen molar-refractivity contribution in [2.24, 2.45) is 5.41 Å². The van der Waals surface area contributed by atoms with Gasteiger partial charge in [-0.15, -0.1) is 0 Å². The fourth-order valence-electron chi connectivity index (χ4n) is 5.40. The van der Waals surface area contributed by atoms with Crippen LogP contribution < -0.4 is 20.1 Å². The molecule has 1 aromatic carbocycles. The molecule has 1 saturated heterocycles. The predicted molar refractivity (Wildman–Crippen MR) is 138 cm³/mol. The minimum Gasteiger partial charge on any atom is -0.485 e. The Labute approximate surface area is 218 Å². The molecular weight excluding hydrogens is 490 g/mol. The van der Waals surface area contributed by atoms with Gasteiger partial charge in [-0.1, -0.05) is 12.8 Å². The number of hydrogen-bond donors (Lipinski definition) is 5. The maximum atomic E-state index is 13.2. The van der Waals surface area contributed by atoms with Gasteiger partial charge in [-0.25, -0.2) is 0 Å². The molecule has 4 heterocycles. The highest BCUT2D eigenvalue weighted by Gasteiger charge is 2.45. The van der Waals surface area contributed by atoms with Crippen molar-refractivity contribution in [2.75, 3.05) is 50.2 Å². The standard InChI is InChI=1S/C26H29N7O5/c27-9-15-10-28-22-19(15)23(29-16-3-1-2-4-16)32-25(31-22)30-18-6-5-17(20-21(18)38-8-7-37-20)24(36)33-11-26(12-33,13-34)14-35/h5-6,10,16,34-35H,1-4,7-8,11-14H2,(H3,28,29,30,31,32). The number of carbonyl (C=O) groups is 1. The third-order valence-corrected chi connectivity index (χ3v) is 7.52. The Morgan fingerprint density at radius 1 is 1.16 bits per heavy atom. The second-order valence-electron chi connectivity index (χ2n) is 10.2. The third-order valence-electron chi connectivity index (χ3n) is 7.52. The average molecular weight is 520 g/mol. The monoisotopic (exact) mass is 519 g/mol. The molecule has 2 aliphatic heterocycles. The number of nitriles is 1. The molecule has 0 spiro atoms. The minimum atomic E-state index is -0.669. The Kier molecular flexibility index (Phi) is 6.17. The lowest BCUT2D eigenvalue weighted by molar-refractivity contribution is -0.0590. The molecule has 38 heavy (non-hydrogen) atoms. The predicted octanol–water partition coefficient (Wildman–Crippen LogP) is 2.13.